The number of methoxy groups -OCH3 is 1. The van der Waals surface area contributed by atoms with Gasteiger partial charge < -0.3 is 9.47 Å². The number of sulfonamides is 1. The van der Waals surface area contributed by atoms with Gasteiger partial charge in [0.2, 0.25) is 0 Å². The van der Waals surface area contributed by atoms with E-state index in [-0.39, 0.29) is 4.90 Å². The van der Waals surface area contributed by atoms with Crippen molar-refractivity contribution in [2.24, 2.45) is 5.10 Å². The zero-order chi connectivity index (χ0) is 24.6. The molecule has 3 aromatic rings. The molecule has 3 rings (SSSR count). The summed E-state index contributed by atoms with van der Waals surface area (Å²) >= 11 is 0. The Morgan fingerprint density at radius 2 is 1.59 bits per heavy atom. The van der Waals surface area contributed by atoms with Crippen molar-refractivity contribution >= 4 is 27.8 Å². The molecule has 0 heterocycles. The summed E-state index contributed by atoms with van der Waals surface area (Å²) < 4.78 is 38.4. The van der Waals surface area contributed by atoms with E-state index < -0.39 is 22.5 Å². The van der Waals surface area contributed by atoms with E-state index in [4.69, 9.17) is 9.47 Å². The first-order valence-corrected chi connectivity index (χ1v) is 12.1. The second-order valence-electron chi connectivity index (χ2n) is 7.32. The van der Waals surface area contributed by atoms with Gasteiger partial charge in [-0.1, -0.05) is 17.7 Å². The van der Waals surface area contributed by atoms with Crippen LogP contribution in [-0.2, 0) is 14.8 Å². The number of benzene rings is 3. The highest BCUT2D eigenvalue weighted by molar-refractivity contribution is 7.92. The van der Waals surface area contributed by atoms with Gasteiger partial charge in [-0.15, -0.1) is 0 Å². The molecule has 34 heavy (non-hydrogen) atoms. The summed E-state index contributed by atoms with van der Waals surface area (Å²) in [7, 11) is -2.45. The first-order chi connectivity index (χ1) is 16.3. The average Bonchev–Trinajstić information content (AvgIpc) is 2.84. The Morgan fingerprint density at radius 3 is 2.18 bits per heavy atom. The van der Waals surface area contributed by atoms with Gasteiger partial charge in [0.05, 0.1) is 30.5 Å². The van der Waals surface area contributed by atoms with Crippen molar-refractivity contribution in [1.82, 2.24) is 5.43 Å². The average molecular weight is 482 g/mol. The number of aryl methyl sites for hydroxylation is 1. The van der Waals surface area contributed by atoms with Crippen LogP contribution in [0.1, 0.15) is 18.1 Å². The fraction of sp³-hybridized carbons (Fsp3) is 0.200. The molecule has 1 N–H and O–H groups in total. The third-order valence-corrected chi connectivity index (χ3v) is 6.64. The van der Waals surface area contributed by atoms with Crippen molar-refractivity contribution in [2.45, 2.75) is 18.7 Å². The molecule has 3 aromatic carbocycles. The first-order valence-electron chi connectivity index (χ1n) is 10.6. The minimum absolute atomic E-state index is 0.0473. The summed E-state index contributed by atoms with van der Waals surface area (Å²) in [6, 6.07) is 20.1. The second-order valence-corrected chi connectivity index (χ2v) is 9.18. The van der Waals surface area contributed by atoms with Gasteiger partial charge in [0.25, 0.3) is 15.9 Å². The predicted molar refractivity (Wildman–Crippen MR) is 132 cm³/mol. The standard InChI is InChI=1S/C25H27N3O5S/c1-4-33-23-13-15-24(16-14-23)34(30,31)28(21-9-5-19(2)6-10-21)18-25(29)27-26-17-20-7-11-22(32-3)12-8-20/h5-17H,4,18H2,1-3H3,(H,27,29)/b26-17-. The molecule has 1 amide bonds. The Hall–Kier alpha value is -3.85. The fourth-order valence-corrected chi connectivity index (χ4v) is 4.48. The smallest absolute Gasteiger partial charge is 0.264 e. The summed E-state index contributed by atoms with van der Waals surface area (Å²) in [6.07, 6.45) is 1.47. The van der Waals surface area contributed by atoms with Gasteiger partial charge in [-0.2, -0.15) is 5.10 Å². The van der Waals surface area contributed by atoms with Crippen LogP contribution in [0.2, 0.25) is 0 Å². The highest BCUT2D eigenvalue weighted by Crippen LogP contribution is 2.25. The maximum absolute atomic E-state index is 13.4. The van der Waals surface area contributed by atoms with E-state index in [1.54, 1.807) is 67.8 Å². The number of nitrogens with one attached hydrogen (secondary N) is 1. The van der Waals surface area contributed by atoms with Gasteiger partial charge in [-0.3, -0.25) is 9.10 Å². The third-order valence-electron chi connectivity index (χ3n) is 4.85. The van der Waals surface area contributed by atoms with Gasteiger partial charge in [0.15, 0.2) is 0 Å². The Kier molecular flexibility index (Phi) is 8.26. The van der Waals surface area contributed by atoms with Gasteiger partial charge in [-0.25, -0.2) is 13.8 Å². The predicted octanol–water partition coefficient (Wildman–Crippen LogP) is 3.75. The second kappa shape index (κ2) is 11.3. The summed E-state index contributed by atoms with van der Waals surface area (Å²) in [5, 5.41) is 3.94. The minimum Gasteiger partial charge on any atom is -0.497 e. The SMILES string of the molecule is CCOc1ccc(S(=O)(=O)N(CC(=O)N/N=C\c2ccc(OC)cc2)c2ccc(C)cc2)cc1. The summed E-state index contributed by atoms with van der Waals surface area (Å²) in [5.41, 5.74) is 4.48. The maximum Gasteiger partial charge on any atom is 0.264 e. The van der Waals surface area contributed by atoms with Crippen molar-refractivity contribution in [2.75, 3.05) is 24.6 Å². The van der Waals surface area contributed by atoms with E-state index >= 15 is 0 Å². The lowest BCUT2D eigenvalue weighted by molar-refractivity contribution is -0.119. The lowest BCUT2D eigenvalue weighted by Crippen LogP contribution is -2.39. The molecule has 0 aliphatic heterocycles. The molecule has 0 aliphatic carbocycles. The number of rotatable bonds is 10. The summed E-state index contributed by atoms with van der Waals surface area (Å²) in [4.78, 5) is 12.7. The molecule has 9 heteroatoms. The Labute approximate surface area is 199 Å². The van der Waals surface area contributed by atoms with Crippen LogP contribution in [0, 0.1) is 6.92 Å². The topological polar surface area (TPSA) is 97.3 Å². The van der Waals surface area contributed by atoms with Crippen molar-refractivity contribution in [3.8, 4) is 11.5 Å². The molecule has 0 aromatic heterocycles. The van der Waals surface area contributed by atoms with Crippen LogP contribution >= 0.6 is 0 Å². The van der Waals surface area contributed by atoms with Crippen LogP contribution in [0.3, 0.4) is 0 Å². The Morgan fingerprint density at radius 1 is 0.971 bits per heavy atom. The largest absolute Gasteiger partial charge is 0.497 e. The number of hydrogen-bond donors (Lipinski definition) is 1. The van der Waals surface area contributed by atoms with E-state index in [1.807, 2.05) is 13.8 Å². The zero-order valence-corrected chi connectivity index (χ0v) is 20.1. The molecule has 0 saturated carbocycles. The van der Waals surface area contributed by atoms with Crippen molar-refractivity contribution in [3.05, 3.63) is 83.9 Å². The van der Waals surface area contributed by atoms with Crippen molar-refractivity contribution in [1.29, 1.82) is 0 Å². The highest BCUT2D eigenvalue weighted by atomic mass is 32.2. The molecule has 0 radical (unpaired) electrons. The molecule has 8 nitrogen and oxygen atoms in total. The number of anilines is 1. The quantitative estimate of drug-likeness (QED) is 0.351. The molecule has 0 atom stereocenters. The number of carbonyl (C=O) groups excluding carboxylic acids is 1. The molecular formula is C25H27N3O5S. The Balaban J connectivity index is 1.80. The van der Waals surface area contributed by atoms with Gasteiger partial charge >= 0.3 is 0 Å². The zero-order valence-electron chi connectivity index (χ0n) is 19.3. The molecule has 0 saturated heterocycles. The normalized spacial score (nSPS) is 11.3. The number of amides is 1. The minimum atomic E-state index is -4.03. The van der Waals surface area contributed by atoms with Gasteiger partial charge in [-0.05, 0) is 80.1 Å². The van der Waals surface area contributed by atoms with Gasteiger partial charge in [0.1, 0.15) is 18.0 Å². The van der Waals surface area contributed by atoms with Gasteiger partial charge in [0, 0.05) is 0 Å². The molecular weight excluding hydrogens is 454 g/mol. The van der Waals surface area contributed by atoms with Crippen LogP contribution in [-0.4, -0.2) is 40.8 Å². The van der Waals surface area contributed by atoms with E-state index in [1.165, 1.54) is 18.3 Å². The third kappa shape index (κ3) is 6.35. The monoisotopic (exact) mass is 481 g/mol. The molecule has 178 valence electrons. The van der Waals surface area contributed by atoms with E-state index in [0.29, 0.717) is 23.8 Å². The highest BCUT2D eigenvalue weighted by Gasteiger charge is 2.27. The molecule has 0 bridgehead atoms. The lowest BCUT2D eigenvalue weighted by atomic mass is 10.2. The molecule has 0 aliphatic rings. The lowest BCUT2D eigenvalue weighted by Gasteiger charge is -2.24. The van der Waals surface area contributed by atoms with E-state index in [2.05, 4.69) is 10.5 Å². The van der Waals surface area contributed by atoms with Crippen LogP contribution in [0.15, 0.2) is 82.8 Å². The molecule has 0 unspecified atom stereocenters. The number of ether oxygens (including phenoxy) is 2. The Bertz CT molecular complexity index is 1220. The fourth-order valence-electron chi connectivity index (χ4n) is 3.06. The maximum atomic E-state index is 13.4. The number of hydrogen-bond acceptors (Lipinski definition) is 6. The van der Waals surface area contributed by atoms with Crippen LogP contribution in [0.25, 0.3) is 0 Å². The van der Waals surface area contributed by atoms with Crippen LogP contribution in [0.5, 0.6) is 11.5 Å². The summed E-state index contributed by atoms with van der Waals surface area (Å²) in [5.74, 6) is 0.684. The number of carbonyl (C=O) groups is 1. The van der Waals surface area contributed by atoms with E-state index in [0.717, 1.165) is 15.4 Å². The molecule has 0 fully saturated rings. The first kappa shape index (κ1) is 24.8. The molecule has 0 spiro atoms. The number of hydrazone groups is 1. The van der Waals surface area contributed by atoms with Crippen molar-refractivity contribution < 1.29 is 22.7 Å². The van der Waals surface area contributed by atoms with Crippen molar-refractivity contribution in [3.63, 3.8) is 0 Å². The van der Waals surface area contributed by atoms with Crippen LogP contribution in [0.4, 0.5) is 5.69 Å². The number of nitrogens with zero attached hydrogens (tertiary/aromatic N) is 2. The summed E-state index contributed by atoms with van der Waals surface area (Å²) in [6.45, 7) is 3.77. The van der Waals surface area contributed by atoms with Crippen LogP contribution < -0.4 is 19.2 Å². The van der Waals surface area contributed by atoms with E-state index in [9.17, 15) is 13.2 Å².